The molecule has 6 heteroatoms. The lowest BCUT2D eigenvalue weighted by atomic mass is 9.99. The minimum Gasteiger partial charge on any atom is -0.326 e. The second-order valence-corrected chi connectivity index (χ2v) is 4.56. The van der Waals surface area contributed by atoms with Gasteiger partial charge in [0.2, 0.25) is 5.91 Å². The van der Waals surface area contributed by atoms with Crippen LogP contribution in [0.4, 0.5) is 5.69 Å². The molecule has 1 fully saturated rings. The van der Waals surface area contributed by atoms with Gasteiger partial charge < -0.3 is 10.6 Å². The second kappa shape index (κ2) is 4.73. The van der Waals surface area contributed by atoms with Crippen LogP contribution in [0, 0.1) is 5.92 Å². The van der Waals surface area contributed by atoms with Gasteiger partial charge in [-0.3, -0.25) is 4.79 Å². The van der Waals surface area contributed by atoms with E-state index in [0.717, 1.165) is 42.7 Å². The molecule has 0 spiro atoms. The molecule has 0 saturated carbocycles. The van der Waals surface area contributed by atoms with E-state index in [-0.39, 0.29) is 11.8 Å². The van der Waals surface area contributed by atoms with Crippen molar-refractivity contribution in [1.29, 1.82) is 0 Å². The Balaban J connectivity index is 1.72. The van der Waals surface area contributed by atoms with Gasteiger partial charge in [-0.15, -0.1) is 0 Å². The van der Waals surface area contributed by atoms with E-state index in [1.54, 1.807) is 0 Å². The highest BCUT2D eigenvalue weighted by molar-refractivity contribution is 5.94. The molecule has 2 aromatic rings. The standard InChI is InChI=1S/C12H15N5O/c18-12(8-2-1-5-13-7-8)14-9-3-4-10-11(6-9)16-17-15-10/h3-4,6,8,13H,1-2,5,7H2,(H,14,18)(H,15,16,17). The lowest BCUT2D eigenvalue weighted by Crippen LogP contribution is -2.37. The molecular formula is C12H15N5O. The van der Waals surface area contributed by atoms with E-state index in [9.17, 15) is 4.79 Å². The van der Waals surface area contributed by atoms with E-state index < -0.39 is 0 Å². The first-order valence-electron chi connectivity index (χ1n) is 6.15. The zero-order valence-corrected chi connectivity index (χ0v) is 9.94. The Kier molecular flexibility index (Phi) is 2.93. The van der Waals surface area contributed by atoms with Crippen molar-refractivity contribution in [2.45, 2.75) is 12.8 Å². The van der Waals surface area contributed by atoms with Gasteiger partial charge in [-0.2, -0.15) is 15.4 Å². The molecule has 1 aromatic carbocycles. The Hall–Kier alpha value is -1.95. The maximum Gasteiger partial charge on any atom is 0.228 e. The molecule has 6 nitrogen and oxygen atoms in total. The van der Waals surface area contributed by atoms with E-state index in [1.165, 1.54) is 0 Å². The van der Waals surface area contributed by atoms with Crippen molar-refractivity contribution in [3.63, 3.8) is 0 Å². The molecule has 1 unspecified atom stereocenters. The number of H-pyrrole nitrogens is 1. The van der Waals surface area contributed by atoms with Crippen molar-refractivity contribution in [1.82, 2.24) is 20.7 Å². The molecule has 0 radical (unpaired) electrons. The fourth-order valence-electron chi connectivity index (χ4n) is 2.24. The molecule has 3 N–H and O–H groups in total. The first-order valence-corrected chi connectivity index (χ1v) is 6.15. The highest BCUT2D eigenvalue weighted by atomic mass is 16.1. The number of benzene rings is 1. The number of carbonyl (C=O) groups excluding carboxylic acids is 1. The summed E-state index contributed by atoms with van der Waals surface area (Å²) in [6.07, 6.45) is 2.01. The summed E-state index contributed by atoms with van der Waals surface area (Å²) in [6, 6.07) is 5.51. The lowest BCUT2D eigenvalue weighted by molar-refractivity contribution is -0.120. The van der Waals surface area contributed by atoms with Gasteiger partial charge in [-0.25, -0.2) is 0 Å². The molecule has 18 heavy (non-hydrogen) atoms. The van der Waals surface area contributed by atoms with Crippen LogP contribution < -0.4 is 10.6 Å². The maximum atomic E-state index is 12.0. The van der Waals surface area contributed by atoms with E-state index in [4.69, 9.17) is 0 Å². The molecule has 0 bridgehead atoms. The third-order valence-corrected chi connectivity index (χ3v) is 3.25. The molecule has 1 aliphatic heterocycles. The van der Waals surface area contributed by atoms with Gasteiger partial charge >= 0.3 is 0 Å². The van der Waals surface area contributed by atoms with Crippen LogP contribution >= 0.6 is 0 Å². The number of aromatic nitrogens is 3. The summed E-state index contributed by atoms with van der Waals surface area (Å²) in [5.41, 5.74) is 2.33. The normalized spacial score (nSPS) is 19.9. The zero-order valence-electron chi connectivity index (χ0n) is 9.94. The second-order valence-electron chi connectivity index (χ2n) is 4.56. The number of piperidine rings is 1. The van der Waals surface area contributed by atoms with Crippen LogP contribution in [0.15, 0.2) is 18.2 Å². The van der Waals surface area contributed by atoms with Gasteiger partial charge in [0.15, 0.2) is 0 Å². The number of hydrogen-bond donors (Lipinski definition) is 3. The van der Waals surface area contributed by atoms with Crippen molar-refractivity contribution in [3.8, 4) is 0 Å². The first kappa shape index (κ1) is 11.2. The van der Waals surface area contributed by atoms with Gasteiger partial charge in [0.05, 0.1) is 5.92 Å². The predicted molar refractivity (Wildman–Crippen MR) is 68.1 cm³/mol. The van der Waals surface area contributed by atoms with Crippen LogP contribution in [0.3, 0.4) is 0 Å². The SMILES string of the molecule is O=C(Nc1ccc2n[nH]nc2c1)C1CCCNC1. The van der Waals surface area contributed by atoms with Crippen LogP contribution in [-0.4, -0.2) is 34.4 Å². The molecule has 2 heterocycles. The first-order chi connectivity index (χ1) is 8.83. The van der Waals surface area contributed by atoms with Crippen LogP contribution in [-0.2, 0) is 4.79 Å². The van der Waals surface area contributed by atoms with E-state index in [1.807, 2.05) is 18.2 Å². The molecule has 0 aliphatic carbocycles. The smallest absolute Gasteiger partial charge is 0.228 e. The van der Waals surface area contributed by atoms with Crippen LogP contribution in [0.25, 0.3) is 11.0 Å². The number of nitrogens with zero attached hydrogens (tertiary/aromatic N) is 2. The molecule has 3 rings (SSSR count). The van der Waals surface area contributed by atoms with Gasteiger partial charge in [-0.1, -0.05) is 0 Å². The number of hydrogen-bond acceptors (Lipinski definition) is 4. The van der Waals surface area contributed by atoms with Crippen molar-refractivity contribution < 1.29 is 4.79 Å². The van der Waals surface area contributed by atoms with Crippen molar-refractivity contribution in [3.05, 3.63) is 18.2 Å². The summed E-state index contributed by atoms with van der Waals surface area (Å²) >= 11 is 0. The quantitative estimate of drug-likeness (QED) is 0.734. The fourth-order valence-corrected chi connectivity index (χ4v) is 2.24. The molecule has 1 aliphatic rings. The summed E-state index contributed by atoms with van der Waals surface area (Å²) in [6.45, 7) is 1.77. The number of anilines is 1. The lowest BCUT2D eigenvalue weighted by Gasteiger charge is -2.21. The third-order valence-electron chi connectivity index (χ3n) is 3.25. The van der Waals surface area contributed by atoms with Crippen LogP contribution in [0.2, 0.25) is 0 Å². The van der Waals surface area contributed by atoms with Crippen molar-refractivity contribution in [2.24, 2.45) is 5.92 Å². The third kappa shape index (κ3) is 2.19. The zero-order chi connectivity index (χ0) is 12.4. The van der Waals surface area contributed by atoms with Crippen molar-refractivity contribution >= 4 is 22.6 Å². The summed E-state index contributed by atoms with van der Waals surface area (Å²) in [5.74, 6) is 0.136. The number of carbonyl (C=O) groups is 1. The average molecular weight is 245 g/mol. The number of nitrogens with one attached hydrogen (secondary N) is 3. The Morgan fingerprint density at radius 2 is 2.22 bits per heavy atom. The Labute approximate surface area is 104 Å². The summed E-state index contributed by atoms with van der Waals surface area (Å²) in [4.78, 5) is 12.0. The average Bonchev–Trinajstić information content (AvgIpc) is 2.87. The number of fused-ring (bicyclic) bond motifs is 1. The van der Waals surface area contributed by atoms with E-state index in [0.29, 0.717) is 0 Å². The number of aromatic amines is 1. The largest absolute Gasteiger partial charge is 0.326 e. The van der Waals surface area contributed by atoms with Gasteiger partial charge in [-0.05, 0) is 37.6 Å². The molecular weight excluding hydrogens is 230 g/mol. The molecule has 1 atom stereocenters. The minimum absolute atomic E-state index is 0.0618. The van der Waals surface area contributed by atoms with Gasteiger partial charge in [0.25, 0.3) is 0 Å². The van der Waals surface area contributed by atoms with E-state index in [2.05, 4.69) is 26.0 Å². The minimum atomic E-state index is 0.0618. The highest BCUT2D eigenvalue weighted by Gasteiger charge is 2.20. The van der Waals surface area contributed by atoms with Crippen LogP contribution in [0.1, 0.15) is 12.8 Å². The topological polar surface area (TPSA) is 82.7 Å². The van der Waals surface area contributed by atoms with E-state index >= 15 is 0 Å². The fraction of sp³-hybridized carbons (Fsp3) is 0.417. The predicted octanol–water partition coefficient (Wildman–Crippen LogP) is 0.896. The monoisotopic (exact) mass is 245 g/mol. The molecule has 1 amide bonds. The van der Waals surface area contributed by atoms with Crippen LogP contribution in [0.5, 0.6) is 0 Å². The number of rotatable bonds is 2. The maximum absolute atomic E-state index is 12.0. The van der Waals surface area contributed by atoms with Crippen molar-refractivity contribution in [2.75, 3.05) is 18.4 Å². The summed E-state index contributed by atoms with van der Waals surface area (Å²) in [5, 5.41) is 16.7. The number of amides is 1. The van der Waals surface area contributed by atoms with Gasteiger partial charge in [0, 0.05) is 12.2 Å². The summed E-state index contributed by atoms with van der Waals surface area (Å²) in [7, 11) is 0. The molecule has 1 saturated heterocycles. The molecule has 1 aromatic heterocycles. The van der Waals surface area contributed by atoms with Gasteiger partial charge in [0.1, 0.15) is 11.0 Å². The molecule has 94 valence electrons. The summed E-state index contributed by atoms with van der Waals surface area (Å²) < 4.78 is 0. The highest BCUT2D eigenvalue weighted by Crippen LogP contribution is 2.17. The Morgan fingerprint density at radius 1 is 1.33 bits per heavy atom. The Bertz CT molecular complexity index is 558. The Morgan fingerprint density at radius 3 is 3.06 bits per heavy atom.